The number of hydrogen-bond donors (Lipinski definition) is 0. The largest absolute Gasteiger partial charge is 0.243 e. The summed E-state index contributed by atoms with van der Waals surface area (Å²) in [6.45, 7) is 2.50. The summed E-state index contributed by atoms with van der Waals surface area (Å²) in [7, 11) is -3.63. The van der Waals surface area contributed by atoms with Crippen molar-refractivity contribution in [3.8, 4) is 0 Å². The van der Waals surface area contributed by atoms with E-state index in [1.54, 1.807) is 39.9 Å². The highest BCUT2D eigenvalue weighted by atomic mass is 35.5. The van der Waals surface area contributed by atoms with Crippen LogP contribution in [0.4, 0.5) is 0 Å². The van der Waals surface area contributed by atoms with Crippen LogP contribution in [-0.4, -0.2) is 19.3 Å². The van der Waals surface area contributed by atoms with E-state index in [1.807, 2.05) is 42.6 Å². The molecule has 0 amide bonds. The van der Waals surface area contributed by atoms with Crippen LogP contribution in [0.2, 0.25) is 5.02 Å². The molecule has 134 valence electrons. The summed E-state index contributed by atoms with van der Waals surface area (Å²) >= 11 is 7.63. The molecule has 0 spiro atoms. The molecule has 4 rings (SSSR count). The van der Waals surface area contributed by atoms with E-state index in [-0.39, 0.29) is 10.9 Å². The van der Waals surface area contributed by atoms with Crippen LogP contribution < -0.4 is 0 Å². The normalized spacial score (nSPS) is 17.8. The van der Waals surface area contributed by atoms with E-state index in [2.05, 4.69) is 0 Å². The summed E-state index contributed by atoms with van der Waals surface area (Å²) in [5, 5.41) is 2.57. The zero-order valence-corrected chi connectivity index (χ0v) is 16.6. The lowest BCUT2D eigenvalue weighted by atomic mass is 9.95. The van der Waals surface area contributed by atoms with Crippen LogP contribution >= 0.6 is 22.9 Å². The number of halogens is 1. The molecule has 26 heavy (non-hydrogen) atoms. The average molecular weight is 404 g/mol. The highest BCUT2D eigenvalue weighted by Gasteiger charge is 2.37. The molecule has 2 aromatic carbocycles. The Labute approximate surface area is 162 Å². The predicted molar refractivity (Wildman–Crippen MR) is 106 cm³/mol. The van der Waals surface area contributed by atoms with Crippen molar-refractivity contribution in [1.29, 1.82) is 0 Å². The minimum absolute atomic E-state index is 0.276. The first-order valence-corrected chi connectivity index (χ1v) is 11.1. The number of hydrogen-bond acceptors (Lipinski definition) is 3. The SMILES string of the molecule is Cc1ccc(C2c3ccsc3CCN2S(=O)(=O)c2ccc(Cl)cc2)cc1. The van der Waals surface area contributed by atoms with Gasteiger partial charge in [-0.15, -0.1) is 11.3 Å². The summed E-state index contributed by atoms with van der Waals surface area (Å²) in [4.78, 5) is 1.54. The first kappa shape index (κ1) is 17.7. The van der Waals surface area contributed by atoms with Gasteiger partial charge in [0.2, 0.25) is 10.0 Å². The number of sulfonamides is 1. The minimum Gasteiger partial charge on any atom is -0.207 e. The van der Waals surface area contributed by atoms with Crippen LogP contribution in [0.5, 0.6) is 0 Å². The Bertz CT molecular complexity index is 1020. The maximum absolute atomic E-state index is 13.4. The van der Waals surface area contributed by atoms with E-state index < -0.39 is 10.0 Å². The zero-order chi connectivity index (χ0) is 18.3. The molecule has 1 aromatic heterocycles. The number of benzene rings is 2. The highest BCUT2D eigenvalue weighted by molar-refractivity contribution is 7.89. The van der Waals surface area contributed by atoms with Gasteiger partial charge in [-0.25, -0.2) is 8.42 Å². The fraction of sp³-hybridized carbons (Fsp3) is 0.200. The molecule has 0 aliphatic carbocycles. The number of nitrogens with zero attached hydrogens (tertiary/aromatic N) is 1. The quantitative estimate of drug-likeness (QED) is 0.613. The highest BCUT2D eigenvalue weighted by Crippen LogP contribution is 2.40. The third-order valence-corrected chi connectivity index (χ3v) is 7.86. The van der Waals surface area contributed by atoms with Crippen molar-refractivity contribution >= 4 is 33.0 Å². The van der Waals surface area contributed by atoms with Gasteiger partial charge in [-0.05, 0) is 60.2 Å². The van der Waals surface area contributed by atoms with Crippen molar-refractivity contribution in [3.63, 3.8) is 0 Å². The summed E-state index contributed by atoms with van der Waals surface area (Å²) < 4.78 is 28.4. The Hall–Kier alpha value is -1.66. The maximum atomic E-state index is 13.4. The van der Waals surface area contributed by atoms with Crippen molar-refractivity contribution in [1.82, 2.24) is 4.31 Å². The number of fused-ring (bicyclic) bond motifs is 1. The van der Waals surface area contributed by atoms with Gasteiger partial charge in [-0.1, -0.05) is 41.4 Å². The van der Waals surface area contributed by atoms with Gasteiger partial charge >= 0.3 is 0 Å². The molecule has 2 heterocycles. The lowest BCUT2D eigenvalue weighted by molar-refractivity contribution is 0.347. The van der Waals surface area contributed by atoms with Gasteiger partial charge in [0.15, 0.2) is 0 Å². The van der Waals surface area contributed by atoms with E-state index in [9.17, 15) is 8.42 Å². The van der Waals surface area contributed by atoms with E-state index in [1.165, 1.54) is 4.88 Å². The van der Waals surface area contributed by atoms with E-state index in [4.69, 9.17) is 11.6 Å². The molecule has 1 aliphatic rings. The maximum Gasteiger partial charge on any atom is 0.243 e. The molecule has 0 N–H and O–H groups in total. The van der Waals surface area contributed by atoms with Crippen LogP contribution in [-0.2, 0) is 16.4 Å². The van der Waals surface area contributed by atoms with Crippen LogP contribution in [0.15, 0.2) is 64.9 Å². The molecule has 6 heteroatoms. The van der Waals surface area contributed by atoms with Crippen molar-refractivity contribution in [2.45, 2.75) is 24.3 Å². The molecular formula is C20H18ClNO2S2. The van der Waals surface area contributed by atoms with Crippen LogP contribution in [0.1, 0.15) is 27.6 Å². The molecule has 0 bridgehead atoms. The van der Waals surface area contributed by atoms with Gasteiger partial charge in [0.25, 0.3) is 0 Å². The summed E-state index contributed by atoms with van der Waals surface area (Å²) in [5.74, 6) is 0. The van der Waals surface area contributed by atoms with E-state index in [0.717, 1.165) is 23.1 Å². The van der Waals surface area contributed by atoms with Gasteiger partial charge < -0.3 is 0 Å². The van der Waals surface area contributed by atoms with Crippen LogP contribution in [0.25, 0.3) is 0 Å². The number of thiophene rings is 1. The Morgan fingerprint density at radius 2 is 1.73 bits per heavy atom. The summed E-state index contributed by atoms with van der Waals surface area (Å²) in [6.07, 6.45) is 0.738. The predicted octanol–water partition coefficient (Wildman–Crippen LogP) is 5.05. The van der Waals surface area contributed by atoms with E-state index in [0.29, 0.717) is 11.6 Å². The summed E-state index contributed by atoms with van der Waals surface area (Å²) in [6, 6.07) is 16.3. The molecule has 3 nitrogen and oxygen atoms in total. The van der Waals surface area contributed by atoms with E-state index >= 15 is 0 Å². The average Bonchev–Trinajstić information content (AvgIpc) is 3.11. The van der Waals surface area contributed by atoms with Gasteiger partial charge in [0.05, 0.1) is 10.9 Å². The number of aryl methyl sites for hydroxylation is 1. The topological polar surface area (TPSA) is 37.4 Å². The van der Waals surface area contributed by atoms with Gasteiger partial charge in [-0.3, -0.25) is 0 Å². The van der Waals surface area contributed by atoms with Crippen molar-refractivity contribution in [2.75, 3.05) is 6.54 Å². The second kappa shape index (κ2) is 6.82. The molecular weight excluding hydrogens is 386 g/mol. The molecule has 1 unspecified atom stereocenters. The fourth-order valence-electron chi connectivity index (χ4n) is 3.39. The second-order valence-corrected chi connectivity index (χ2v) is 9.76. The molecule has 0 saturated heterocycles. The lowest BCUT2D eigenvalue weighted by Crippen LogP contribution is -2.40. The fourth-order valence-corrected chi connectivity index (χ4v) is 6.01. The van der Waals surface area contributed by atoms with Gasteiger partial charge in [0.1, 0.15) is 0 Å². The van der Waals surface area contributed by atoms with Crippen molar-refractivity contribution < 1.29 is 8.42 Å². The second-order valence-electron chi connectivity index (χ2n) is 6.43. The standard InChI is InChI=1S/C20H18ClNO2S2/c1-14-2-4-15(5-3-14)20-18-11-13-25-19(18)10-12-22(20)26(23,24)17-8-6-16(21)7-9-17/h2-9,11,13,20H,10,12H2,1H3. The monoisotopic (exact) mass is 403 g/mol. The third-order valence-electron chi connectivity index (χ3n) is 4.74. The third kappa shape index (κ3) is 3.09. The summed E-state index contributed by atoms with van der Waals surface area (Å²) in [5.41, 5.74) is 3.23. The zero-order valence-electron chi connectivity index (χ0n) is 14.2. The molecule has 0 fully saturated rings. The molecule has 0 saturated carbocycles. The van der Waals surface area contributed by atoms with Gasteiger partial charge in [0, 0.05) is 16.4 Å². The van der Waals surface area contributed by atoms with Crippen LogP contribution in [0, 0.1) is 6.92 Å². The molecule has 0 radical (unpaired) electrons. The first-order valence-electron chi connectivity index (χ1n) is 8.37. The van der Waals surface area contributed by atoms with Crippen molar-refractivity contribution in [3.05, 3.63) is 86.6 Å². The smallest absolute Gasteiger partial charge is 0.207 e. The van der Waals surface area contributed by atoms with Crippen molar-refractivity contribution in [2.24, 2.45) is 0 Å². The Morgan fingerprint density at radius 1 is 1.04 bits per heavy atom. The number of rotatable bonds is 3. The Kier molecular flexibility index (Phi) is 4.65. The molecule has 1 aliphatic heterocycles. The molecule has 3 aromatic rings. The Morgan fingerprint density at radius 3 is 2.42 bits per heavy atom. The molecule has 1 atom stereocenters. The van der Waals surface area contributed by atoms with Crippen LogP contribution in [0.3, 0.4) is 0 Å². The minimum atomic E-state index is -3.63. The van der Waals surface area contributed by atoms with Gasteiger partial charge in [-0.2, -0.15) is 4.31 Å². The first-order chi connectivity index (χ1) is 12.5. The Balaban J connectivity index is 1.83. The lowest BCUT2D eigenvalue weighted by Gasteiger charge is -2.35.